The van der Waals surface area contributed by atoms with Crippen LogP contribution in [-0.2, 0) is 0 Å². The minimum Gasteiger partial charge on any atom is -0.304 e. The third kappa shape index (κ3) is 3.93. The van der Waals surface area contributed by atoms with Gasteiger partial charge in [-0.2, -0.15) is 0 Å². The van der Waals surface area contributed by atoms with E-state index in [-0.39, 0.29) is 0 Å². The first-order valence-corrected chi connectivity index (χ1v) is 8.62. The molecule has 0 bridgehead atoms. The molecule has 1 N–H and O–H groups in total. The molecule has 0 unspecified atom stereocenters. The average molecular weight is 315 g/mol. The molecule has 3 aromatic carbocycles. The standard InChI is InChI=1S/C23H25N/c1-17-8-6-9-20(16-17)15-14-18(2)24-19(3)22-13-7-11-21-10-4-5-12-23(21)22/h4-16,18-19,24H,1-3H3/b15-14+/t18-,19+/m0/s1. The van der Waals surface area contributed by atoms with Crippen LogP contribution in [0.15, 0.2) is 72.8 Å². The van der Waals surface area contributed by atoms with Gasteiger partial charge >= 0.3 is 0 Å². The van der Waals surface area contributed by atoms with Gasteiger partial charge < -0.3 is 5.32 Å². The predicted octanol–water partition coefficient (Wildman–Crippen LogP) is 5.90. The average Bonchev–Trinajstić information content (AvgIpc) is 2.59. The Kier molecular flexibility index (Phi) is 5.12. The summed E-state index contributed by atoms with van der Waals surface area (Å²) in [6, 6.07) is 24.3. The highest BCUT2D eigenvalue weighted by Gasteiger charge is 2.10. The number of hydrogen-bond acceptors (Lipinski definition) is 1. The highest BCUT2D eigenvalue weighted by Crippen LogP contribution is 2.24. The summed E-state index contributed by atoms with van der Waals surface area (Å²) in [6.45, 7) is 6.56. The Morgan fingerprint density at radius 3 is 2.46 bits per heavy atom. The van der Waals surface area contributed by atoms with Crippen molar-refractivity contribution in [3.8, 4) is 0 Å². The van der Waals surface area contributed by atoms with E-state index in [9.17, 15) is 0 Å². The van der Waals surface area contributed by atoms with Gasteiger partial charge in [0.05, 0.1) is 0 Å². The Morgan fingerprint density at radius 2 is 1.62 bits per heavy atom. The van der Waals surface area contributed by atoms with Gasteiger partial charge in [-0.3, -0.25) is 0 Å². The largest absolute Gasteiger partial charge is 0.304 e. The van der Waals surface area contributed by atoms with Gasteiger partial charge in [-0.05, 0) is 42.7 Å². The summed E-state index contributed by atoms with van der Waals surface area (Å²) in [7, 11) is 0. The summed E-state index contributed by atoms with van der Waals surface area (Å²) in [4.78, 5) is 0. The lowest BCUT2D eigenvalue weighted by molar-refractivity contribution is 0.540. The fraction of sp³-hybridized carbons (Fsp3) is 0.217. The lowest BCUT2D eigenvalue weighted by atomic mass is 9.99. The molecule has 0 fully saturated rings. The van der Waals surface area contributed by atoms with Crippen LogP contribution in [0.5, 0.6) is 0 Å². The number of aryl methyl sites for hydroxylation is 1. The fourth-order valence-electron chi connectivity index (χ4n) is 3.20. The molecular weight excluding hydrogens is 290 g/mol. The Hall–Kier alpha value is -2.38. The maximum Gasteiger partial charge on any atom is 0.0303 e. The van der Waals surface area contributed by atoms with Crippen molar-refractivity contribution in [2.75, 3.05) is 0 Å². The molecule has 0 saturated carbocycles. The van der Waals surface area contributed by atoms with Crippen molar-refractivity contribution in [2.45, 2.75) is 32.9 Å². The van der Waals surface area contributed by atoms with Crippen molar-refractivity contribution >= 4 is 16.8 Å². The first-order chi connectivity index (χ1) is 11.6. The van der Waals surface area contributed by atoms with Crippen LogP contribution in [-0.4, -0.2) is 6.04 Å². The monoisotopic (exact) mass is 315 g/mol. The second kappa shape index (κ2) is 7.46. The van der Waals surface area contributed by atoms with Gasteiger partial charge in [-0.15, -0.1) is 0 Å². The molecule has 2 atom stereocenters. The molecule has 1 heteroatoms. The molecular formula is C23H25N. The summed E-state index contributed by atoms with van der Waals surface area (Å²) < 4.78 is 0. The van der Waals surface area contributed by atoms with Gasteiger partial charge in [-0.25, -0.2) is 0 Å². The van der Waals surface area contributed by atoms with E-state index in [0.717, 1.165) is 0 Å². The zero-order chi connectivity index (χ0) is 16.9. The number of hydrogen-bond donors (Lipinski definition) is 1. The number of benzene rings is 3. The van der Waals surface area contributed by atoms with Crippen molar-refractivity contribution in [3.05, 3.63) is 89.5 Å². The molecule has 0 aromatic heterocycles. The van der Waals surface area contributed by atoms with Crippen molar-refractivity contribution < 1.29 is 0 Å². The summed E-state index contributed by atoms with van der Waals surface area (Å²) in [6.07, 6.45) is 4.43. The van der Waals surface area contributed by atoms with E-state index in [2.05, 4.69) is 105 Å². The highest BCUT2D eigenvalue weighted by molar-refractivity contribution is 5.86. The van der Waals surface area contributed by atoms with Crippen molar-refractivity contribution in [1.29, 1.82) is 0 Å². The molecule has 3 aromatic rings. The molecule has 24 heavy (non-hydrogen) atoms. The Bertz CT molecular complexity index is 842. The minimum atomic E-state index is 0.299. The first kappa shape index (κ1) is 16.5. The summed E-state index contributed by atoms with van der Waals surface area (Å²) in [5.74, 6) is 0. The maximum absolute atomic E-state index is 3.69. The molecule has 3 rings (SSSR count). The third-order valence-corrected chi connectivity index (χ3v) is 4.42. The number of rotatable bonds is 5. The Balaban J connectivity index is 1.72. The van der Waals surface area contributed by atoms with Gasteiger partial charge in [0.25, 0.3) is 0 Å². The van der Waals surface area contributed by atoms with Crippen LogP contribution in [0.25, 0.3) is 16.8 Å². The van der Waals surface area contributed by atoms with Crippen LogP contribution in [0, 0.1) is 6.92 Å². The van der Waals surface area contributed by atoms with Crippen LogP contribution >= 0.6 is 0 Å². The van der Waals surface area contributed by atoms with Crippen molar-refractivity contribution in [2.24, 2.45) is 0 Å². The molecule has 0 aliphatic carbocycles. The van der Waals surface area contributed by atoms with E-state index < -0.39 is 0 Å². The quantitative estimate of drug-likeness (QED) is 0.618. The zero-order valence-corrected chi connectivity index (χ0v) is 14.7. The van der Waals surface area contributed by atoms with E-state index in [4.69, 9.17) is 0 Å². The lowest BCUT2D eigenvalue weighted by Crippen LogP contribution is -2.27. The van der Waals surface area contributed by atoms with Gasteiger partial charge in [0.1, 0.15) is 0 Å². The van der Waals surface area contributed by atoms with E-state index in [1.165, 1.54) is 27.5 Å². The number of fused-ring (bicyclic) bond motifs is 1. The molecule has 0 heterocycles. The fourth-order valence-corrected chi connectivity index (χ4v) is 3.20. The summed E-state index contributed by atoms with van der Waals surface area (Å²) >= 11 is 0. The van der Waals surface area contributed by atoms with Crippen LogP contribution < -0.4 is 5.32 Å². The third-order valence-electron chi connectivity index (χ3n) is 4.42. The first-order valence-electron chi connectivity index (χ1n) is 8.62. The van der Waals surface area contributed by atoms with Gasteiger partial charge in [0, 0.05) is 12.1 Å². The van der Waals surface area contributed by atoms with E-state index in [0.29, 0.717) is 12.1 Å². The van der Waals surface area contributed by atoms with Crippen molar-refractivity contribution in [3.63, 3.8) is 0 Å². The smallest absolute Gasteiger partial charge is 0.0303 e. The Labute approximate surface area is 145 Å². The zero-order valence-electron chi connectivity index (χ0n) is 14.7. The summed E-state index contributed by atoms with van der Waals surface area (Å²) in [5.41, 5.74) is 3.90. The molecule has 0 amide bonds. The van der Waals surface area contributed by atoms with Gasteiger partial charge in [0.15, 0.2) is 0 Å². The normalized spacial score (nSPS) is 14.1. The van der Waals surface area contributed by atoms with Crippen LogP contribution in [0.2, 0.25) is 0 Å². The molecule has 0 spiro atoms. The van der Waals surface area contributed by atoms with Crippen LogP contribution in [0.4, 0.5) is 0 Å². The molecule has 1 nitrogen and oxygen atoms in total. The second-order valence-corrected chi connectivity index (χ2v) is 6.52. The highest BCUT2D eigenvalue weighted by atomic mass is 14.9. The van der Waals surface area contributed by atoms with Crippen molar-refractivity contribution in [1.82, 2.24) is 5.32 Å². The second-order valence-electron chi connectivity index (χ2n) is 6.52. The molecule has 122 valence electrons. The van der Waals surface area contributed by atoms with Gasteiger partial charge in [0.2, 0.25) is 0 Å². The predicted molar refractivity (Wildman–Crippen MR) is 105 cm³/mol. The molecule has 0 aliphatic rings. The Morgan fingerprint density at radius 1 is 0.875 bits per heavy atom. The molecule has 0 radical (unpaired) electrons. The molecule has 0 saturated heterocycles. The van der Waals surface area contributed by atoms with Gasteiger partial charge in [-0.1, -0.05) is 84.4 Å². The lowest BCUT2D eigenvalue weighted by Gasteiger charge is -2.20. The SMILES string of the molecule is Cc1cccc(/C=C/[C@H](C)N[C@H](C)c2cccc3ccccc23)c1. The maximum atomic E-state index is 3.69. The minimum absolute atomic E-state index is 0.299. The van der Waals surface area contributed by atoms with E-state index in [1.54, 1.807) is 0 Å². The summed E-state index contributed by atoms with van der Waals surface area (Å²) in [5, 5.41) is 6.31. The van der Waals surface area contributed by atoms with E-state index in [1.807, 2.05) is 0 Å². The van der Waals surface area contributed by atoms with Crippen LogP contribution in [0.3, 0.4) is 0 Å². The van der Waals surface area contributed by atoms with Crippen LogP contribution in [0.1, 0.15) is 36.6 Å². The molecule has 0 aliphatic heterocycles. The van der Waals surface area contributed by atoms with E-state index >= 15 is 0 Å². The topological polar surface area (TPSA) is 12.0 Å². The number of nitrogens with one attached hydrogen (secondary N) is 1.